The molecule has 2 N–H and O–H groups in total. The number of benzene rings is 1. The molecule has 0 spiro atoms. The number of halogens is 1. The van der Waals surface area contributed by atoms with Crippen LogP contribution in [-0.4, -0.2) is 12.8 Å². The molecule has 0 radical (unpaired) electrons. The monoisotopic (exact) mass is 271 g/mol. The molecule has 1 fully saturated rings. The molecule has 0 unspecified atom stereocenters. The Morgan fingerprint density at radius 1 is 1.50 bits per heavy atom. The van der Waals surface area contributed by atoms with Gasteiger partial charge in [0, 0.05) is 21.3 Å². The molecular weight excluding hydrogens is 258 g/mol. The van der Waals surface area contributed by atoms with Gasteiger partial charge in [-0.25, -0.2) is 0 Å². The minimum atomic E-state index is 0.276. The third kappa shape index (κ3) is 1.62. The van der Waals surface area contributed by atoms with Crippen molar-refractivity contribution in [1.82, 2.24) is 0 Å². The van der Waals surface area contributed by atoms with Crippen LogP contribution < -0.4 is 5.73 Å². The SMILES string of the molecule is CSc1cccc(Br)c1C1(CN)CC1. The van der Waals surface area contributed by atoms with Crippen LogP contribution in [0.2, 0.25) is 0 Å². The van der Waals surface area contributed by atoms with Crippen LogP contribution in [0.15, 0.2) is 27.6 Å². The standard InChI is InChI=1S/C11H14BrNS/c1-14-9-4-2-3-8(12)10(9)11(7-13)5-6-11/h2-4H,5-7,13H2,1H3. The number of hydrogen-bond acceptors (Lipinski definition) is 2. The first kappa shape index (κ1) is 10.5. The Morgan fingerprint density at radius 2 is 2.21 bits per heavy atom. The van der Waals surface area contributed by atoms with E-state index in [4.69, 9.17) is 5.73 Å². The molecule has 1 aromatic rings. The van der Waals surface area contributed by atoms with Gasteiger partial charge in [0.1, 0.15) is 0 Å². The summed E-state index contributed by atoms with van der Waals surface area (Å²) >= 11 is 5.44. The van der Waals surface area contributed by atoms with Gasteiger partial charge in [-0.3, -0.25) is 0 Å². The molecule has 3 heteroatoms. The van der Waals surface area contributed by atoms with Gasteiger partial charge in [-0.15, -0.1) is 11.8 Å². The van der Waals surface area contributed by atoms with Crippen molar-refractivity contribution >= 4 is 27.7 Å². The molecule has 0 saturated heterocycles. The van der Waals surface area contributed by atoms with Crippen molar-refractivity contribution in [2.24, 2.45) is 5.73 Å². The molecule has 0 atom stereocenters. The highest BCUT2D eigenvalue weighted by Crippen LogP contribution is 2.52. The lowest BCUT2D eigenvalue weighted by molar-refractivity contribution is 0.686. The van der Waals surface area contributed by atoms with E-state index in [-0.39, 0.29) is 5.41 Å². The maximum absolute atomic E-state index is 5.86. The van der Waals surface area contributed by atoms with Crippen LogP contribution in [0.25, 0.3) is 0 Å². The predicted octanol–water partition coefficient (Wildman–Crippen LogP) is 3.16. The van der Waals surface area contributed by atoms with Gasteiger partial charge in [0.2, 0.25) is 0 Å². The Morgan fingerprint density at radius 3 is 2.71 bits per heavy atom. The van der Waals surface area contributed by atoms with Crippen molar-refractivity contribution in [3.63, 3.8) is 0 Å². The van der Waals surface area contributed by atoms with Gasteiger partial charge < -0.3 is 5.73 Å². The van der Waals surface area contributed by atoms with E-state index in [2.05, 4.69) is 40.4 Å². The fourth-order valence-corrected chi connectivity index (χ4v) is 3.56. The van der Waals surface area contributed by atoms with Crippen LogP contribution in [0.5, 0.6) is 0 Å². The summed E-state index contributed by atoms with van der Waals surface area (Å²) in [7, 11) is 0. The van der Waals surface area contributed by atoms with E-state index in [0.29, 0.717) is 0 Å². The number of thioether (sulfide) groups is 1. The van der Waals surface area contributed by atoms with E-state index < -0.39 is 0 Å². The normalized spacial score (nSPS) is 18.2. The zero-order valence-electron chi connectivity index (χ0n) is 8.22. The van der Waals surface area contributed by atoms with Crippen molar-refractivity contribution in [2.45, 2.75) is 23.2 Å². The molecule has 1 aliphatic carbocycles. The van der Waals surface area contributed by atoms with E-state index in [1.807, 2.05) is 0 Å². The largest absolute Gasteiger partial charge is 0.330 e. The highest BCUT2D eigenvalue weighted by molar-refractivity contribution is 9.10. The zero-order chi connectivity index (χ0) is 10.2. The second-order valence-electron chi connectivity index (χ2n) is 3.80. The number of rotatable bonds is 3. The maximum atomic E-state index is 5.86. The molecular formula is C11H14BrNS. The fourth-order valence-electron chi connectivity index (χ4n) is 1.90. The van der Waals surface area contributed by atoms with Crippen molar-refractivity contribution < 1.29 is 0 Å². The van der Waals surface area contributed by atoms with Crippen molar-refractivity contribution in [1.29, 1.82) is 0 Å². The molecule has 1 nitrogen and oxygen atoms in total. The van der Waals surface area contributed by atoms with Gasteiger partial charge in [-0.1, -0.05) is 22.0 Å². The van der Waals surface area contributed by atoms with E-state index in [9.17, 15) is 0 Å². The first-order valence-corrected chi connectivity index (χ1v) is 6.78. The smallest absolute Gasteiger partial charge is 0.0224 e. The first-order valence-electron chi connectivity index (χ1n) is 4.76. The van der Waals surface area contributed by atoms with Crippen LogP contribution in [0.1, 0.15) is 18.4 Å². The third-order valence-corrected chi connectivity index (χ3v) is 4.41. The molecule has 0 heterocycles. The third-order valence-electron chi connectivity index (χ3n) is 2.97. The summed E-state index contributed by atoms with van der Waals surface area (Å²) in [5, 5.41) is 0. The number of hydrogen-bond donors (Lipinski definition) is 1. The molecule has 0 amide bonds. The van der Waals surface area contributed by atoms with E-state index >= 15 is 0 Å². The summed E-state index contributed by atoms with van der Waals surface area (Å²) in [5.41, 5.74) is 7.57. The molecule has 1 saturated carbocycles. The first-order chi connectivity index (χ1) is 6.73. The Bertz CT molecular complexity index is 347. The Hall–Kier alpha value is 0.01000. The maximum Gasteiger partial charge on any atom is 0.0224 e. The van der Waals surface area contributed by atoms with Crippen LogP contribution in [0.4, 0.5) is 0 Å². The lowest BCUT2D eigenvalue weighted by Gasteiger charge is -2.18. The lowest BCUT2D eigenvalue weighted by Crippen LogP contribution is -2.21. The average Bonchev–Trinajstić information content (AvgIpc) is 2.98. The Balaban J connectivity index is 2.50. The molecule has 0 bridgehead atoms. The summed E-state index contributed by atoms with van der Waals surface area (Å²) in [6.45, 7) is 0.767. The predicted molar refractivity (Wildman–Crippen MR) is 65.9 cm³/mol. The van der Waals surface area contributed by atoms with E-state index in [0.717, 1.165) is 6.54 Å². The molecule has 0 aliphatic heterocycles. The summed E-state index contributed by atoms with van der Waals surface area (Å²) in [5.74, 6) is 0. The molecule has 14 heavy (non-hydrogen) atoms. The van der Waals surface area contributed by atoms with Crippen molar-refractivity contribution in [2.75, 3.05) is 12.8 Å². The zero-order valence-corrected chi connectivity index (χ0v) is 10.6. The molecule has 1 aliphatic rings. The van der Waals surface area contributed by atoms with E-state index in [1.165, 1.54) is 27.8 Å². The minimum absolute atomic E-state index is 0.276. The van der Waals surface area contributed by atoms with Gasteiger partial charge in [0.05, 0.1) is 0 Å². The number of nitrogens with two attached hydrogens (primary N) is 1. The Kier molecular flexibility index (Phi) is 2.91. The average molecular weight is 272 g/mol. The van der Waals surface area contributed by atoms with Gasteiger partial charge >= 0.3 is 0 Å². The van der Waals surface area contributed by atoms with E-state index in [1.54, 1.807) is 11.8 Å². The topological polar surface area (TPSA) is 26.0 Å². The second kappa shape index (κ2) is 3.87. The quantitative estimate of drug-likeness (QED) is 0.855. The van der Waals surface area contributed by atoms with Crippen molar-refractivity contribution in [3.05, 3.63) is 28.2 Å². The van der Waals surface area contributed by atoms with Crippen LogP contribution in [0, 0.1) is 0 Å². The molecule has 2 rings (SSSR count). The van der Waals surface area contributed by atoms with Gasteiger partial charge in [0.25, 0.3) is 0 Å². The minimum Gasteiger partial charge on any atom is -0.330 e. The van der Waals surface area contributed by atoms with Gasteiger partial charge in [0.15, 0.2) is 0 Å². The van der Waals surface area contributed by atoms with Crippen LogP contribution in [0.3, 0.4) is 0 Å². The van der Waals surface area contributed by atoms with Gasteiger partial charge in [-0.2, -0.15) is 0 Å². The highest BCUT2D eigenvalue weighted by Gasteiger charge is 2.45. The Labute approximate surface area is 97.6 Å². The fraction of sp³-hybridized carbons (Fsp3) is 0.455. The van der Waals surface area contributed by atoms with Crippen LogP contribution >= 0.6 is 27.7 Å². The highest BCUT2D eigenvalue weighted by atomic mass is 79.9. The summed E-state index contributed by atoms with van der Waals surface area (Å²) < 4.78 is 1.22. The van der Waals surface area contributed by atoms with Gasteiger partial charge in [-0.05, 0) is 36.8 Å². The molecule has 0 aromatic heterocycles. The van der Waals surface area contributed by atoms with Crippen molar-refractivity contribution in [3.8, 4) is 0 Å². The summed E-state index contributed by atoms with van der Waals surface area (Å²) in [6.07, 6.45) is 4.59. The molecule has 76 valence electrons. The second-order valence-corrected chi connectivity index (χ2v) is 5.50. The summed E-state index contributed by atoms with van der Waals surface area (Å²) in [6, 6.07) is 6.39. The van der Waals surface area contributed by atoms with Crippen LogP contribution in [-0.2, 0) is 5.41 Å². The molecule has 1 aromatic carbocycles. The summed E-state index contributed by atoms with van der Waals surface area (Å²) in [4.78, 5) is 1.36. The lowest BCUT2D eigenvalue weighted by atomic mass is 9.96.